The molecule has 166 valence electrons. The first-order chi connectivity index (χ1) is 15.8. The second-order valence-corrected chi connectivity index (χ2v) is 7.07. The fourth-order valence-corrected chi connectivity index (χ4v) is 3.29. The van der Waals surface area contributed by atoms with Crippen molar-refractivity contribution in [2.24, 2.45) is 0 Å². The van der Waals surface area contributed by atoms with Crippen LogP contribution in [0.1, 0.15) is 16.1 Å². The van der Waals surface area contributed by atoms with Crippen LogP contribution in [0.2, 0.25) is 0 Å². The van der Waals surface area contributed by atoms with Gasteiger partial charge in [-0.2, -0.15) is 0 Å². The summed E-state index contributed by atoms with van der Waals surface area (Å²) in [5, 5.41) is 13.9. The number of imide groups is 1. The van der Waals surface area contributed by atoms with E-state index in [1.807, 2.05) is 0 Å². The van der Waals surface area contributed by atoms with Crippen LogP contribution >= 0.6 is 0 Å². The molecule has 0 radical (unpaired) electrons. The highest BCUT2D eigenvalue weighted by Gasteiger charge is 2.35. The summed E-state index contributed by atoms with van der Waals surface area (Å²) < 4.78 is 15.4. The SMILES string of the molecule is O=C(CN1C(=O)N/C(=C\c2cccn2-c2cccc(C(=O)O)c2)C1=O)Nc1ccccc1F. The fraction of sp³-hybridized carbons (Fsp3) is 0.0435. The highest BCUT2D eigenvalue weighted by Crippen LogP contribution is 2.20. The highest BCUT2D eigenvalue weighted by molar-refractivity contribution is 6.15. The number of halogens is 1. The number of carboxylic acids is 1. The Morgan fingerprint density at radius 2 is 1.85 bits per heavy atom. The number of anilines is 1. The molecule has 3 N–H and O–H groups in total. The molecule has 1 saturated heterocycles. The second-order valence-electron chi connectivity index (χ2n) is 7.07. The van der Waals surface area contributed by atoms with Gasteiger partial charge < -0.3 is 20.3 Å². The lowest BCUT2D eigenvalue weighted by molar-refractivity contribution is -0.127. The van der Waals surface area contributed by atoms with Gasteiger partial charge in [0.15, 0.2) is 0 Å². The van der Waals surface area contributed by atoms with Crippen molar-refractivity contribution in [3.8, 4) is 5.69 Å². The van der Waals surface area contributed by atoms with E-state index in [9.17, 15) is 28.7 Å². The highest BCUT2D eigenvalue weighted by atomic mass is 19.1. The monoisotopic (exact) mass is 448 g/mol. The number of rotatable bonds is 6. The standard InChI is InChI=1S/C23H17FN4O5/c24-17-8-1-2-9-18(17)25-20(29)13-28-21(30)19(26-23(28)33)12-16-7-4-10-27(16)15-6-3-5-14(11-15)22(31)32/h1-12H,13H2,(H,25,29)(H,26,33)(H,31,32)/b19-12-. The molecule has 0 aliphatic carbocycles. The van der Waals surface area contributed by atoms with Gasteiger partial charge in [0.05, 0.1) is 11.3 Å². The van der Waals surface area contributed by atoms with Crippen LogP contribution in [0.4, 0.5) is 14.9 Å². The number of amides is 4. The van der Waals surface area contributed by atoms with Crippen molar-refractivity contribution in [2.75, 3.05) is 11.9 Å². The van der Waals surface area contributed by atoms with E-state index in [4.69, 9.17) is 0 Å². The number of carbonyl (C=O) groups is 4. The number of para-hydroxylation sites is 1. The van der Waals surface area contributed by atoms with Crippen molar-refractivity contribution in [1.82, 2.24) is 14.8 Å². The van der Waals surface area contributed by atoms with E-state index in [1.54, 1.807) is 35.0 Å². The maximum atomic E-state index is 13.7. The van der Waals surface area contributed by atoms with Gasteiger partial charge in [0.1, 0.15) is 18.1 Å². The average molecular weight is 448 g/mol. The Bertz CT molecular complexity index is 1310. The Morgan fingerprint density at radius 1 is 1.06 bits per heavy atom. The van der Waals surface area contributed by atoms with Crippen molar-refractivity contribution < 1.29 is 28.7 Å². The molecule has 0 saturated carbocycles. The summed E-state index contributed by atoms with van der Waals surface area (Å²) in [6.07, 6.45) is 3.09. The Labute approximate surface area is 186 Å². The average Bonchev–Trinajstić information content (AvgIpc) is 3.35. The number of aromatic carboxylic acids is 1. The molecule has 1 aliphatic heterocycles. The van der Waals surface area contributed by atoms with Gasteiger partial charge in [0.2, 0.25) is 5.91 Å². The van der Waals surface area contributed by atoms with E-state index in [1.165, 1.54) is 42.5 Å². The van der Waals surface area contributed by atoms with Crippen LogP contribution in [0.25, 0.3) is 11.8 Å². The molecule has 0 unspecified atom stereocenters. The smallest absolute Gasteiger partial charge is 0.335 e. The molecule has 4 rings (SSSR count). The molecule has 10 heteroatoms. The minimum absolute atomic E-state index is 0.0620. The Morgan fingerprint density at radius 3 is 2.61 bits per heavy atom. The molecule has 1 fully saturated rings. The third-order valence-electron chi connectivity index (χ3n) is 4.86. The third-order valence-corrected chi connectivity index (χ3v) is 4.86. The lowest BCUT2D eigenvalue weighted by Gasteiger charge is -2.12. The van der Waals surface area contributed by atoms with Crippen LogP contribution in [0.3, 0.4) is 0 Å². The molecule has 33 heavy (non-hydrogen) atoms. The predicted molar refractivity (Wildman–Crippen MR) is 116 cm³/mol. The van der Waals surface area contributed by atoms with Gasteiger partial charge in [-0.05, 0) is 48.5 Å². The molecule has 4 amide bonds. The van der Waals surface area contributed by atoms with Crippen molar-refractivity contribution in [3.05, 3.63) is 89.6 Å². The quantitative estimate of drug-likeness (QED) is 0.396. The molecule has 3 aromatic rings. The summed E-state index contributed by atoms with van der Waals surface area (Å²) in [5.41, 5.74) is 1.01. The second kappa shape index (κ2) is 8.79. The molecule has 2 heterocycles. The Kier molecular flexibility index (Phi) is 5.73. The Hall–Kier alpha value is -4.73. The molecule has 9 nitrogen and oxygen atoms in total. The number of carboxylic acid groups (broad SMARTS) is 1. The van der Waals surface area contributed by atoms with Crippen LogP contribution in [-0.2, 0) is 9.59 Å². The molecule has 0 spiro atoms. The van der Waals surface area contributed by atoms with Crippen molar-refractivity contribution in [1.29, 1.82) is 0 Å². The van der Waals surface area contributed by atoms with Crippen LogP contribution < -0.4 is 10.6 Å². The number of urea groups is 1. The zero-order chi connectivity index (χ0) is 23.5. The summed E-state index contributed by atoms with van der Waals surface area (Å²) in [6, 6.07) is 14.3. The van der Waals surface area contributed by atoms with Gasteiger partial charge in [-0.3, -0.25) is 9.59 Å². The predicted octanol–water partition coefficient (Wildman–Crippen LogP) is 2.85. The number of nitrogens with one attached hydrogen (secondary N) is 2. The molecule has 1 aromatic heterocycles. The number of benzene rings is 2. The van der Waals surface area contributed by atoms with E-state index >= 15 is 0 Å². The van der Waals surface area contributed by atoms with Crippen LogP contribution in [-0.4, -0.2) is 44.9 Å². The number of hydrogen-bond donors (Lipinski definition) is 3. The minimum Gasteiger partial charge on any atom is -0.478 e. The van der Waals surface area contributed by atoms with E-state index < -0.39 is 36.2 Å². The fourth-order valence-electron chi connectivity index (χ4n) is 3.29. The molecule has 0 bridgehead atoms. The van der Waals surface area contributed by atoms with Crippen LogP contribution in [0.15, 0.2) is 72.6 Å². The lowest BCUT2D eigenvalue weighted by atomic mass is 10.2. The molecule has 1 aliphatic rings. The molecule has 0 atom stereocenters. The molecular formula is C23H17FN4O5. The van der Waals surface area contributed by atoms with Gasteiger partial charge in [0.25, 0.3) is 5.91 Å². The van der Waals surface area contributed by atoms with E-state index in [0.29, 0.717) is 16.3 Å². The first-order valence-electron chi connectivity index (χ1n) is 9.73. The maximum Gasteiger partial charge on any atom is 0.335 e. The van der Waals surface area contributed by atoms with Gasteiger partial charge in [0, 0.05) is 17.6 Å². The van der Waals surface area contributed by atoms with Crippen LogP contribution in [0.5, 0.6) is 0 Å². The summed E-state index contributed by atoms with van der Waals surface area (Å²) in [4.78, 5) is 49.2. The molecular weight excluding hydrogens is 431 g/mol. The summed E-state index contributed by atoms with van der Waals surface area (Å²) in [6.45, 7) is -0.599. The first-order valence-corrected chi connectivity index (χ1v) is 9.73. The zero-order valence-corrected chi connectivity index (χ0v) is 17.0. The number of carbonyl (C=O) groups excluding carboxylic acids is 3. The third kappa shape index (κ3) is 4.49. The zero-order valence-electron chi connectivity index (χ0n) is 17.0. The Balaban J connectivity index is 1.53. The number of aromatic nitrogens is 1. The molecule has 2 aromatic carbocycles. The van der Waals surface area contributed by atoms with Crippen molar-refractivity contribution in [3.63, 3.8) is 0 Å². The van der Waals surface area contributed by atoms with Gasteiger partial charge >= 0.3 is 12.0 Å². The van der Waals surface area contributed by atoms with Gasteiger partial charge in [-0.1, -0.05) is 18.2 Å². The minimum atomic E-state index is -1.08. The van der Waals surface area contributed by atoms with Crippen molar-refractivity contribution in [2.45, 2.75) is 0 Å². The summed E-state index contributed by atoms with van der Waals surface area (Å²) in [7, 11) is 0. The summed E-state index contributed by atoms with van der Waals surface area (Å²) in [5.74, 6) is -3.18. The van der Waals surface area contributed by atoms with Gasteiger partial charge in [-0.25, -0.2) is 18.9 Å². The maximum absolute atomic E-state index is 13.7. The van der Waals surface area contributed by atoms with E-state index in [2.05, 4.69) is 10.6 Å². The van der Waals surface area contributed by atoms with E-state index in [0.717, 1.165) is 0 Å². The lowest BCUT2D eigenvalue weighted by Crippen LogP contribution is -2.38. The van der Waals surface area contributed by atoms with E-state index in [-0.39, 0.29) is 16.9 Å². The first kappa shape index (κ1) is 21.5. The topological polar surface area (TPSA) is 121 Å². The summed E-state index contributed by atoms with van der Waals surface area (Å²) >= 11 is 0. The normalized spacial score (nSPS) is 14.5. The largest absolute Gasteiger partial charge is 0.478 e. The number of nitrogens with zero attached hydrogens (tertiary/aromatic N) is 2. The van der Waals surface area contributed by atoms with Crippen LogP contribution in [0, 0.1) is 5.82 Å². The van der Waals surface area contributed by atoms with Gasteiger partial charge in [-0.15, -0.1) is 0 Å². The van der Waals surface area contributed by atoms with Crippen molar-refractivity contribution >= 4 is 35.6 Å². The number of hydrogen-bond acceptors (Lipinski definition) is 4.